The van der Waals surface area contributed by atoms with Crippen molar-refractivity contribution in [3.63, 3.8) is 0 Å². The van der Waals surface area contributed by atoms with Gasteiger partial charge in [0.15, 0.2) is 5.78 Å². The number of carbonyl (C=O) groups is 2. The van der Waals surface area contributed by atoms with Gasteiger partial charge in [0.1, 0.15) is 17.6 Å². The third-order valence-corrected chi connectivity index (χ3v) is 6.01. The summed E-state index contributed by atoms with van der Waals surface area (Å²) >= 11 is 0. The highest BCUT2D eigenvalue weighted by molar-refractivity contribution is 5.96. The summed E-state index contributed by atoms with van der Waals surface area (Å²) in [6.45, 7) is 0.913. The number of fused-ring (bicyclic) bond motifs is 1. The molecule has 156 valence electrons. The molecule has 6 heteroatoms. The Morgan fingerprint density at radius 2 is 1.70 bits per heavy atom. The summed E-state index contributed by atoms with van der Waals surface area (Å²) in [4.78, 5) is 25.0. The summed E-state index contributed by atoms with van der Waals surface area (Å²) in [5.74, 6) is 1.65. The van der Waals surface area contributed by atoms with E-state index in [1.807, 2.05) is 48.5 Å². The summed E-state index contributed by atoms with van der Waals surface area (Å²) in [6.07, 6.45) is 1.97. The van der Waals surface area contributed by atoms with Crippen molar-refractivity contribution in [3.8, 4) is 11.5 Å². The monoisotopic (exact) mass is 407 g/mol. The number of Topliss-reactive ketones (excluding diaryl/α,β-unsaturated/α-hetero) is 1. The fraction of sp³-hybridized carbons (Fsp3) is 0.417. The average Bonchev–Trinajstić information content (AvgIpc) is 3.44. The van der Waals surface area contributed by atoms with Crippen LogP contribution in [-0.4, -0.2) is 43.2 Å². The van der Waals surface area contributed by atoms with Crippen LogP contribution in [-0.2, 0) is 14.3 Å². The van der Waals surface area contributed by atoms with Gasteiger partial charge in [-0.3, -0.25) is 9.59 Å². The number of rotatable bonds is 7. The van der Waals surface area contributed by atoms with Crippen molar-refractivity contribution in [2.45, 2.75) is 37.5 Å². The number of hydrogen-bond acceptors (Lipinski definition) is 5. The lowest BCUT2D eigenvalue weighted by Crippen LogP contribution is -2.44. The molecular formula is C24H25NO5. The Balaban J connectivity index is 1.20. The van der Waals surface area contributed by atoms with Crippen molar-refractivity contribution in [2.24, 2.45) is 11.8 Å². The maximum atomic E-state index is 12.9. The summed E-state index contributed by atoms with van der Waals surface area (Å²) in [5, 5.41) is 3.06. The first-order valence-electron chi connectivity index (χ1n) is 10.6. The largest absolute Gasteiger partial charge is 0.457 e. The normalized spacial score (nSPS) is 27.5. The van der Waals surface area contributed by atoms with Crippen molar-refractivity contribution in [2.75, 3.05) is 13.2 Å². The zero-order valence-corrected chi connectivity index (χ0v) is 16.7. The van der Waals surface area contributed by atoms with Gasteiger partial charge in [-0.15, -0.1) is 0 Å². The van der Waals surface area contributed by atoms with Crippen LogP contribution in [0.2, 0.25) is 0 Å². The van der Waals surface area contributed by atoms with Gasteiger partial charge in [-0.1, -0.05) is 30.3 Å². The molecule has 3 fully saturated rings. The molecule has 0 radical (unpaired) electrons. The summed E-state index contributed by atoms with van der Waals surface area (Å²) in [5.41, 5.74) is 0.614. The number of para-hydroxylation sites is 1. The number of nitrogens with one attached hydrogen (secondary N) is 1. The highest BCUT2D eigenvalue weighted by atomic mass is 16.6. The summed E-state index contributed by atoms with van der Waals surface area (Å²) in [7, 11) is 0. The van der Waals surface area contributed by atoms with Gasteiger partial charge in [0.2, 0.25) is 5.91 Å². The number of carbonyl (C=O) groups excluding carboxylic acids is 2. The molecule has 2 aromatic rings. The van der Waals surface area contributed by atoms with Crippen molar-refractivity contribution in [1.82, 2.24) is 5.32 Å². The van der Waals surface area contributed by atoms with Gasteiger partial charge in [-0.2, -0.15) is 0 Å². The van der Waals surface area contributed by atoms with E-state index in [4.69, 9.17) is 14.2 Å². The SMILES string of the molecule is O=C(C[C@H]1CO[C@H]2[C@@H]1OC[C@@H]2NC(=O)C1CC1)c1cccc(Oc2ccccc2)c1. The zero-order valence-electron chi connectivity index (χ0n) is 16.7. The van der Waals surface area contributed by atoms with E-state index in [0.29, 0.717) is 30.9 Å². The maximum absolute atomic E-state index is 12.9. The van der Waals surface area contributed by atoms with E-state index in [-0.39, 0.29) is 41.8 Å². The fourth-order valence-electron chi connectivity index (χ4n) is 4.24. The highest BCUT2D eigenvalue weighted by Gasteiger charge is 2.49. The minimum Gasteiger partial charge on any atom is -0.457 e. The second kappa shape index (κ2) is 8.20. The third kappa shape index (κ3) is 4.11. The number of amides is 1. The van der Waals surface area contributed by atoms with Gasteiger partial charge in [0.05, 0.1) is 25.4 Å². The van der Waals surface area contributed by atoms with Crippen LogP contribution in [0, 0.1) is 11.8 Å². The van der Waals surface area contributed by atoms with E-state index in [9.17, 15) is 9.59 Å². The Morgan fingerprint density at radius 1 is 0.933 bits per heavy atom. The lowest BCUT2D eigenvalue weighted by molar-refractivity contribution is -0.123. The van der Waals surface area contributed by atoms with Crippen LogP contribution in [0.15, 0.2) is 54.6 Å². The van der Waals surface area contributed by atoms with Gasteiger partial charge in [0.25, 0.3) is 0 Å². The van der Waals surface area contributed by atoms with Gasteiger partial charge < -0.3 is 19.5 Å². The van der Waals surface area contributed by atoms with E-state index in [2.05, 4.69) is 5.32 Å². The summed E-state index contributed by atoms with van der Waals surface area (Å²) < 4.78 is 17.7. The molecule has 2 aromatic carbocycles. The number of benzene rings is 2. The molecule has 2 aliphatic heterocycles. The Morgan fingerprint density at radius 3 is 2.50 bits per heavy atom. The molecule has 0 bridgehead atoms. The molecule has 1 saturated carbocycles. The lowest BCUT2D eigenvalue weighted by Gasteiger charge is -2.17. The van der Waals surface area contributed by atoms with Crippen LogP contribution in [0.3, 0.4) is 0 Å². The van der Waals surface area contributed by atoms with E-state index < -0.39 is 0 Å². The van der Waals surface area contributed by atoms with Crippen molar-refractivity contribution in [1.29, 1.82) is 0 Å². The Hall–Kier alpha value is -2.70. The molecule has 3 aliphatic rings. The minimum absolute atomic E-state index is 0.0102. The van der Waals surface area contributed by atoms with Crippen molar-refractivity contribution in [3.05, 3.63) is 60.2 Å². The Bertz CT molecular complexity index is 926. The summed E-state index contributed by atoms with van der Waals surface area (Å²) in [6, 6.07) is 16.6. The first kappa shape index (κ1) is 19.3. The average molecular weight is 407 g/mol. The molecule has 1 N–H and O–H groups in total. The molecule has 0 unspecified atom stereocenters. The third-order valence-electron chi connectivity index (χ3n) is 6.01. The first-order valence-corrected chi connectivity index (χ1v) is 10.6. The standard InChI is InChI=1S/C24H25NO5/c26-21(16-5-4-8-19(11-16)30-18-6-2-1-3-7-18)12-17-13-28-23-20(14-29-22(17)23)25-24(27)15-9-10-15/h1-8,11,15,17,20,22-23H,9-10,12-14H2,(H,25,27)/t17-,20-,22+,23+/m0/s1. The van der Waals surface area contributed by atoms with Crippen LogP contribution in [0.4, 0.5) is 0 Å². The number of hydrogen-bond donors (Lipinski definition) is 1. The Labute approximate surface area is 175 Å². The van der Waals surface area contributed by atoms with E-state index in [1.54, 1.807) is 6.07 Å². The van der Waals surface area contributed by atoms with Crippen LogP contribution in [0.1, 0.15) is 29.6 Å². The molecule has 2 saturated heterocycles. The van der Waals surface area contributed by atoms with Crippen LogP contribution < -0.4 is 10.1 Å². The fourth-order valence-corrected chi connectivity index (χ4v) is 4.24. The quantitative estimate of drug-likeness (QED) is 0.713. The van der Waals surface area contributed by atoms with Gasteiger partial charge >= 0.3 is 0 Å². The van der Waals surface area contributed by atoms with E-state index >= 15 is 0 Å². The molecule has 30 heavy (non-hydrogen) atoms. The molecule has 0 aromatic heterocycles. The molecule has 1 aliphatic carbocycles. The zero-order chi connectivity index (χ0) is 20.5. The van der Waals surface area contributed by atoms with Gasteiger partial charge in [-0.25, -0.2) is 0 Å². The molecule has 0 spiro atoms. The second-order valence-corrected chi connectivity index (χ2v) is 8.32. The molecule has 6 nitrogen and oxygen atoms in total. The number of ether oxygens (including phenoxy) is 3. The second-order valence-electron chi connectivity index (χ2n) is 8.32. The van der Waals surface area contributed by atoms with E-state index in [1.165, 1.54) is 0 Å². The lowest BCUT2D eigenvalue weighted by atomic mass is 9.92. The van der Waals surface area contributed by atoms with Crippen molar-refractivity contribution >= 4 is 11.7 Å². The molecule has 1 amide bonds. The van der Waals surface area contributed by atoms with Crippen LogP contribution in [0.25, 0.3) is 0 Å². The molecule has 4 atom stereocenters. The minimum atomic E-state index is -0.168. The molecule has 5 rings (SSSR count). The van der Waals surface area contributed by atoms with Gasteiger partial charge in [0, 0.05) is 23.8 Å². The smallest absolute Gasteiger partial charge is 0.223 e. The predicted octanol–water partition coefficient (Wildman–Crippen LogP) is 3.36. The highest BCUT2D eigenvalue weighted by Crippen LogP contribution is 2.35. The topological polar surface area (TPSA) is 73.9 Å². The van der Waals surface area contributed by atoms with Crippen LogP contribution >= 0.6 is 0 Å². The van der Waals surface area contributed by atoms with E-state index in [0.717, 1.165) is 18.6 Å². The Kier molecular flexibility index (Phi) is 5.27. The van der Waals surface area contributed by atoms with Crippen molar-refractivity contribution < 1.29 is 23.8 Å². The first-order chi connectivity index (χ1) is 14.7. The predicted molar refractivity (Wildman–Crippen MR) is 110 cm³/mol. The number of ketones is 1. The van der Waals surface area contributed by atoms with Crippen LogP contribution in [0.5, 0.6) is 11.5 Å². The maximum Gasteiger partial charge on any atom is 0.223 e. The molecular weight excluding hydrogens is 382 g/mol. The van der Waals surface area contributed by atoms with Gasteiger partial charge in [-0.05, 0) is 37.1 Å². The molecule has 2 heterocycles.